The minimum absolute atomic E-state index is 0.00313. The van der Waals surface area contributed by atoms with Gasteiger partial charge in [0.1, 0.15) is 5.60 Å². The van der Waals surface area contributed by atoms with Crippen molar-refractivity contribution in [3.05, 3.63) is 59.9 Å². The van der Waals surface area contributed by atoms with Gasteiger partial charge in [-0.3, -0.25) is 19.5 Å². The molecule has 2 aromatic rings. The van der Waals surface area contributed by atoms with Crippen LogP contribution in [0.5, 0.6) is 0 Å². The minimum atomic E-state index is -3.78. The zero-order valence-corrected chi connectivity index (χ0v) is 20.4. The number of nitrogens with one attached hydrogen (secondary N) is 1. The number of aromatic nitrogens is 1. The van der Waals surface area contributed by atoms with Crippen molar-refractivity contribution in [3.63, 3.8) is 0 Å². The molecule has 0 saturated carbocycles. The first-order valence-electron chi connectivity index (χ1n) is 11.0. The molecule has 1 aliphatic rings. The van der Waals surface area contributed by atoms with E-state index in [0.717, 1.165) is 0 Å². The summed E-state index contributed by atoms with van der Waals surface area (Å²) in [5.74, 6) is 4.67. The molecular formula is C23H31N5O5S. The summed E-state index contributed by atoms with van der Waals surface area (Å²) in [5, 5.41) is -0.659. The Bertz CT molecular complexity index is 1090. The van der Waals surface area contributed by atoms with E-state index in [0.29, 0.717) is 37.3 Å². The van der Waals surface area contributed by atoms with E-state index < -0.39 is 32.9 Å². The summed E-state index contributed by atoms with van der Waals surface area (Å²) < 4.78 is 34.2. The van der Waals surface area contributed by atoms with E-state index in [4.69, 9.17) is 10.6 Å². The number of carbonyl (C=O) groups excluding carboxylic acids is 2. The van der Waals surface area contributed by atoms with Crippen molar-refractivity contribution in [1.29, 1.82) is 0 Å². The number of nitrogens with two attached hydrogens (primary N) is 1. The number of anilines is 1. The second-order valence-corrected chi connectivity index (χ2v) is 11.2. The van der Waals surface area contributed by atoms with Gasteiger partial charge in [0.2, 0.25) is 10.0 Å². The second-order valence-electron chi connectivity index (χ2n) is 9.07. The highest BCUT2D eigenvalue weighted by atomic mass is 32.2. The van der Waals surface area contributed by atoms with E-state index in [9.17, 15) is 18.0 Å². The number of carbonyl (C=O) groups is 2. The molecule has 0 bridgehead atoms. The molecule has 10 nitrogen and oxygen atoms in total. The number of para-hydroxylation sites is 1. The number of sulfonamides is 1. The van der Waals surface area contributed by atoms with Crippen LogP contribution in [0, 0.1) is 0 Å². The lowest BCUT2D eigenvalue weighted by atomic mass is 10.1. The van der Waals surface area contributed by atoms with Gasteiger partial charge in [-0.15, -0.1) is 0 Å². The third kappa shape index (κ3) is 6.23. The van der Waals surface area contributed by atoms with Crippen molar-refractivity contribution in [2.45, 2.75) is 51.0 Å². The molecule has 1 aliphatic heterocycles. The van der Waals surface area contributed by atoms with Crippen LogP contribution >= 0.6 is 0 Å². The highest BCUT2D eigenvalue weighted by Crippen LogP contribution is 2.28. The number of benzene rings is 1. The molecule has 1 aromatic carbocycles. The molecule has 3 rings (SSSR count). The molecule has 1 fully saturated rings. The zero-order chi connectivity index (χ0) is 24.9. The monoisotopic (exact) mass is 489 g/mol. The Hall–Kier alpha value is -3.18. The summed E-state index contributed by atoms with van der Waals surface area (Å²) in [6.07, 6.45) is 1.52. The molecule has 1 saturated heterocycles. The molecular weight excluding hydrogens is 458 g/mol. The fourth-order valence-corrected chi connectivity index (χ4v) is 5.54. The van der Waals surface area contributed by atoms with Gasteiger partial charge in [-0.1, -0.05) is 18.2 Å². The number of nitrogens with zero attached hydrogens (tertiary/aromatic N) is 3. The maximum absolute atomic E-state index is 13.7. The number of hydrogen-bond donors (Lipinski definition) is 2. The van der Waals surface area contributed by atoms with Gasteiger partial charge < -0.3 is 9.64 Å². The SMILES string of the molecule is CC(C)(C)OC(=O)N1CCC(S(=O)(=O)N(Cc2ccc(C(=O)NN)cn2)c2ccccc2)CC1. The molecule has 1 aromatic heterocycles. The lowest BCUT2D eigenvalue weighted by molar-refractivity contribution is 0.0217. The van der Waals surface area contributed by atoms with Crippen LogP contribution in [0.4, 0.5) is 10.5 Å². The maximum atomic E-state index is 13.7. The van der Waals surface area contributed by atoms with Crippen LogP contribution < -0.4 is 15.6 Å². The number of hydrazine groups is 1. The first-order chi connectivity index (χ1) is 16.0. The van der Waals surface area contributed by atoms with Gasteiger partial charge in [-0.2, -0.15) is 0 Å². The Morgan fingerprint density at radius 2 is 1.79 bits per heavy atom. The highest BCUT2D eigenvalue weighted by molar-refractivity contribution is 7.93. The van der Waals surface area contributed by atoms with Crippen molar-refractivity contribution in [2.24, 2.45) is 5.84 Å². The Labute approximate surface area is 200 Å². The largest absolute Gasteiger partial charge is 0.444 e. The molecule has 34 heavy (non-hydrogen) atoms. The predicted molar refractivity (Wildman–Crippen MR) is 128 cm³/mol. The number of ether oxygens (including phenoxy) is 1. The minimum Gasteiger partial charge on any atom is -0.444 e. The van der Waals surface area contributed by atoms with Gasteiger partial charge in [0.05, 0.1) is 28.7 Å². The standard InChI is InChI=1S/C23H31N5O5S/c1-23(2,3)33-22(30)27-13-11-20(12-14-27)34(31,32)28(19-7-5-4-6-8-19)16-18-10-9-17(15-25-18)21(29)26-24/h4-10,15,20H,11-14,16,24H2,1-3H3,(H,26,29). The van der Waals surface area contributed by atoms with E-state index >= 15 is 0 Å². The van der Waals surface area contributed by atoms with Gasteiger partial charge in [-0.25, -0.2) is 19.1 Å². The summed E-state index contributed by atoms with van der Waals surface area (Å²) in [6, 6.07) is 11.9. The predicted octanol–water partition coefficient (Wildman–Crippen LogP) is 2.42. The Kier molecular flexibility index (Phi) is 7.78. The van der Waals surface area contributed by atoms with Crippen LogP contribution in [0.3, 0.4) is 0 Å². The molecule has 11 heteroatoms. The van der Waals surface area contributed by atoms with Crippen molar-refractivity contribution in [3.8, 4) is 0 Å². The van der Waals surface area contributed by atoms with E-state index in [1.165, 1.54) is 10.5 Å². The fourth-order valence-electron chi connectivity index (χ4n) is 3.65. The molecule has 2 amide bonds. The number of likely N-dealkylation sites (tertiary alicyclic amines) is 1. The molecule has 3 N–H and O–H groups in total. The van der Waals surface area contributed by atoms with Crippen LogP contribution in [0.25, 0.3) is 0 Å². The van der Waals surface area contributed by atoms with Crippen molar-refractivity contribution < 1.29 is 22.7 Å². The summed E-state index contributed by atoms with van der Waals surface area (Å²) in [4.78, 5) is 29.8. The topological polar surface area (TPSA) is 135 Å². The first kappa shape index (κ1) is 25.4. The van der Waals surface area contributed by atoms with E-state index in [2.05, 4.69) is 4.98 Å². The maximum Gasteiger partial charge on any atom is 0.410 e. The molecule has 2 heterocycles. The lowest BCUT2D eigenvalue weighted by Crippen LogP contribution is -2.48. The number of rotatable bonds is 6. The molecule has 0 atom stereocenters. The van der Waals surface area contributed by atoms with E-state index in [1.54, 1.807) is 62.1 Å². The molecule has 0 spiro atoms. The summed E-state index contributed by atoms with van der Waals surface area (Å²) in [7, 11) is -3.78. The van der Waals surface area contributed by atoms with E-state index in [-0.39, 0.29) is 12.1 Å². The molecule has 0 aliphatic carbocycles. The average molecular weight is 490 g/mol. The third-order valence-electron chi connectivity index (χ3n) is 5.39. The van der Waals surface area contributed by atoms with Crippen LogP contribution in [0.2, 0.25) is 0 Å². The van der Waals surface area contributed by atoms with Gasteiger partial charge >= 0.3 is 6.09 Å². The van der Waals surface area contributed by atoms with E-state index in [1.807, 2.05) is 11.5 Å². The smallest absolute Gasteiger partial charge is 0.410 e. The van der Waals surface area contributed by atoms with Crippen molar-refractivity contribution in [2.75, 3.05) is 17.4 Å². The Morgan fingerprint density at radius 1 is 1.15 bits per heavy atom. The molecule has 184 valence electrons. The molecule has 0 radical (unpaired) electrons. The van der Waals surface area contributed by atoms with Gasteiger partial charge in [0, 0.05) is 19.3 Å². The van der Waals surface area contributed by atoms with Gasteiger partial charge in [-0.05, 0) is 57.9 Å². The number of hydrogen-bond acceptors (Lipinski definition) is 7. The van der Waals surface area contributed by atoms with Crippen LogP contribution in [-0.4, -0.2) is 54.2 Å². The third-order valence-corrected chi connectivity index (χ3v) is 7.66. The summed E-state index contributed by atoms with van der Waals surface area (Å²) in [6.45, 7) is 5.98. The Balaban J connectivity index is 1.79. The first-order valence-corrected chi connectivity index (χ1v) is 12.5. The molecule has 0 unspecified atom stereocenters. The van der Waals surface area contributed by atoms with Crippen LogP contribution in [-0.2, 0) is 21.3 Å². The second kappa shape index (κ2) is 10.4. The number of piperidine rings is 1. The lowest BCUT2D eigenvalue weighted by Gasteiger charge is -2.35. The summed E-state index contributed by atoms with van der Waals surface area (Å²) in [5.41, 5.74) is 2.69. The fraction of sp³-hybridized carbons (Fsp3) is 0.435. The Morgan fingerprint density at radius 3 is 2.32 bits per heavy atom. The highest BCUT2D eigenvalue weighted by Gasteiger charge is 2.37. The average Bonchev–Trinajstić information content (AvgIpc) is 2.82. The summed E-state index contributed by atoms with van der Waals surface area (Å²) >= 11 is 0. The van der Waals surface area contributed by atoms with Crippen molar-refractivity contribution in [1.82, 2.24) is 15.3 Å². The van der Waals surface area contributed by atoms with Gasteiger partial charge in [0.25, 0.3) is 5.91 Å². The number of amides is 2. The van der Waals surface area contributed by atoms with Crippen LogP contribution in [0.1, 0.15) is 49.7 Å². The number of nitrogen functional groups attached to an aromatic ring is 1. The quantitative estimate of drug-likeness (QED) is 0.361. The number of pyridine rings is 1. The van der Waals surface area contributed by atoms with Crippen LogP contribution in [0.15, 0.2) is 48.7 Å². The normalized spacial score (nSPS) is 15.0. The van der Waals surface area contributed by atoms with Crippen molar-refractivity contribution >= 4 is 27.7 Å². The zero-order valence-electron chi connectivity index (χ0n) is 19.6. The van der Waals surface area contributed by atoms with Gasteiger partial charge in [0.15, 0.2) is 0 Å².